The number of amides is 3. The van der Waals surface area contributed by atoms with Crippen molar-refractivity contribution in [2.45, 2.75) is 13.3 Å². The van der Waals surface area contributed by atoms with E-state index in [1.54, 1.807) is 30.3 Å². The van der Waals surface area contributed by atoms with E-state index >= 15 is 0 Å². The molecule has 0 spiro atoms. The number of hydrogen-bond donors (Lipinski definition) is 0. The first-order chi connectivity index (χ1) is 15.8. The van der Waals surface area contributed by atoms with E-state index in [9.17, 15) is 29.3 Å². The van der Waals surface area contributed by atoms with Crippen molar-refractivity contribution in [3.05, 3.63) is 88.0 Å². The summed E-state index contributed by atoms with van der Waals surface area (Å²) in [4.78, 5) is 63.8. The van der Waals surface area contributed by atoms with Gasteiger partial charge in [-0.2, -0.15) is 5.01 Å². The number of nitro benzene ring substituents is 1. The second kappa shape index (κ2) is 8.78. The maximum atomic E-state index is 13.5. The van der Waals surface area contributed by atoms with Gasteiger partial charge in [-0.1, -0.05) is 61.5 Å². The Bertz CT molecular complexity index is 1180. The maximum Gasteiger partial charge on any atom is 0.282 e. The highest BCUT2D eigenvalue weighted by Gasteiger charge is 2.53. The predicted molar refractivity (Wildman–Crippen MR) is 117 cm³/mol. The maximum absolute atomic E-state index is 13.5. The fourth-order valence-electron chi connectivity index (χ4n) is 4.41. The molecule has 0 radical (unpaired) electrons. The summed E-state index contributed by atoms with van der Waals surface area (Å²) in [5, 5.41) is 13.0. The summed E-state index contributed by atoms with van der Waals surface area (Å²) in [5.74, 6) is -4.18. The SMILES string of the molecule is C[C@@H]1C=CC[C@@H]2C(=O)N(N(CC(=O)c3ccccc3)C(=O)c3ccccc3[N+](=O)[O-])C(=O)[C@@H]12. The van der Waals surface area contributed by atoms with E-state index in [0.717, 1.165) is 16.1 Å². The topological polar surface area (TPSA) is 118 Å². The van der Waals surface area contributed by atoms with Crippen LogP contribution in [-0.4, -0.2) is 45.0 Å². The quantitative estimate of drug-likeness (QED) is 0.221. The molecule has 168 valence electrons. The van der Waals surface area contributed by atoms with Gasteiger partial charge >= 0.3 is 0 Å². The van der Waals surface area contributed by atoms with E-state index in [-0.39, 0.29) is 17.0 Å². The minimum Gasteiger partial charge on any atom is -0.292 e. The summed E-state index contributed by atoms with van der Waals surface area (Å²) >= 11 is 0. The Hall–Kier alpha value is -4.14. The molecule has 2 aromatic rings. The molecule has 0 N–H and O–H groups in total. The molecule has 0 unspecified atom stereocenters. The highest BCUT2D eigenvalue weighted by atomic mass is 16.6. The minimum absolute atomic E-state index is 0.224. The molecular weight excluding hydrogens is 426 g/mol. The summed E-state index contributed by atoms with van der Waals surface area (Å²) in [6.45, 7) is 1.19. The molecule has 2 aliphatic rings. The van der Waals surface area contributed by atoms with E-state index in [1.807, 2.05) is 19.1 Å². The molecule has 9 heteroatoms. The molecule has 1 saturated heterocycles. The van der Waals surface area contributed by atoms with Crippen LogP contribution in [-0.2, 0) is 9.59 Å². The average Bonchev–Trinajstić information content (AvgIpc) is 3.08. The van der Waals surface area contributed by atoms with Crippen LogP contribution in [0.25, 0.3) is 0 Å². The van der Waals surface area contributed by atoms with Gasteiger partial charge in [0.15, 0.2) is 5.78 Å². The normalized spacial score (nSPS) is 21.6. The molecule has 0 aromatic heterocycles. The van der Waals surface area contributed by atoms with Crippen LogP contribution in [0.3, 0.4) is 0 Å². The van der Waals surface area contributed by atoms with Crippen molar-refractivity contribution < 1.29 is 24.1 Å². The van der Waals surface area contributed by atoms with Crippen molar-refractivity contribution >= 4 is 29.2 Å². The Morgan fingerprint density at radius 3 is 2.39 bits per heavy atom. The monoisotopic (exact) mass is 447 g/mol. The van der Waals surface area contributed by atoms with Crippen molar-refractivity contribution in [2.24, 2.45) is 17.8 Å². The van der Waals surface area contributed by atoms with Crippen LogP contribution < -0.4 is 0 Å². The lowest BCUT2D eigenvalue weighted by molar-refractivity contribution is -0.385. The smallest absolute Gasteiger partial charge is 0.282 e. The van der Waals surface area contributed by atoms with Gasteiger partial charge in [-0.25, -0.2) is 5.01 Å². The lowest BCUT2D eigenvalue weighted by atomic mass is 9.78. The third kappa shape index (κ3) is 3.93. The van der Waals surface area contributed by atoms with Crippen molar-refractivity contribution in [3.63, 3.8) is 0 Å². The van der Waals surface area contributed by atoms with Gasteiger partial charge in [0.25, 0.3) is 23.4 Å². The second-order valence-electron chi connectivity index (χ2n) is 8.07. The Balaban J connectivity index is 1.76. The fourth-order valence-corrected chi connectivity index (χ4v) is 4.41. The summed E-state index contributed by atoms with van der Waals surface area (Å²) in [7, 11) is 0. The molecule has 4 rings (SSSR count). The number of hydrazine groups is 1. The number of benzene rings is 2. The summed E-state index contributed by atoms with van der Waals surface area (Å²) in [6, 6.07) is 13.4. The highest BCUT2D eigenvalue weighted by Crippen LogP contribution is 2.39. The zero-order valence-corrected chi connectivity index (χ0v) is 17.8. The number of para-hydroxylation sites is 1. The van der Waals surface area contributed by atoms with E-state index in [0.29, 0.717) is 6.42 Å². The molecule has 1 heterocycles. The zero-order chi connectivity index (χ0) is 23.7. The van der Waals surface area contributed by atoms with Crippen LogP contribution in [0.4, 0.5) is 5.69 Å². The van der Waals surface area contributed by atoms with Gasteiger partial charge in [0.05, 0.1) is 16.8 Å². The summed E-state index contributed by atoms with van der Waals surface area (Å²) < 4.78 is 0. The lowest BCUT2D eigenvalue weighted by Crippen LogP contribution is -2.52. The van der Waals surface area contributed by atoms with E-state index in [4.69, 9.17) is 0 Å². The van der Waals surface area contributed by atoms with E-state index in [2.05, 4.69) is 0 Å². The molecule has 33 heavy (non-hydrogen) atoms. The second-order valence-corrected chi connectivity index (χ2v) is 8.07. The van der Waals surface area contributed by atoms with Gasteiger partial charge in [-0.3, -0.25) is 29.3 Å². The molecular formula is C24H21N3O6. The van der Waals surface area contributed by atoms with Gasteiger partial charge in [-0.05, 0) is 18.4 Å². The third-order valence-corrected chi connectivity index (χ3v) is 6.05. The number of Topliss-reactive ketones (excluding diaryl/α,β-unsaturated/α-hetero) is 1. The molecule has 2 aromatic carbocycles. The molecule has 3 amide bonds. The Morgan fingerprint density at radius 1 is 1.06 bits per heavy atom. The molecule has 0 bridgehead atoms. The van der Waals surface area contributed by atoms with Crippen LogP contribution in [0.15, 0.2) is 66.7 Å². The van der Waals surface area contributed by atoms with Crippen LogP contribution in [0, 0.1) is 27.9 Å². The first kappa shape index (κ1) is 22.1. The number of hydrogen-bond acceptors (Lipinski definition) is 6. The number of imide groups is 1. The van der Waals surface area contributed by atoms with E-state index < -0.39 is 52.5 Å². The minimum atomic E-state index is -0.965. The Kier molecular flexibility index (Phi) is 5.87. The number of carbonyl (C=O) groups is 4. The van der Waals surface area contributed by atoms with Gasteiger partial charge in [0, 0.05) is 11.6 Å². The molecule has 1 fully saturated rings. The van der Waals surface area contributed by atoms with Crippen LogP contribution in [0.5, 0.6) is 0 Å². The first-order valence-corrected chi connectivity index (χ1v) is 10.5. The summed E-state index contributed by atoms with van der Waals surface area (Å²) in [5.41, 5.74) is -0.513. The largest absolute Gasteiger partial charge is 0.292 e. The molecule has 3 atom stereocenters. The number of allylic oxidation sites excluding steroid dienone is 2. The molecule has 1 aliphatic heterocycles. The molecule has 9 nitrogen and oxygen atoms in total. The molecule has 0 saturated carbocycles. The highest BCUT2D eigenvalue weighted by molar-refractivity contribution is 6.10. The number of fused-ring (bicyclic) bond motifs is 1. The number of nitro groups is 1. The third-order valence-electron chi connectivity index (χ3n) is 6.05. The summed E-state index contributed by atoms with van der Waals surface area (Å²) in [6.07, 6.45) is 4.01. The first-order valence-electron chi connectivity index (χ1n) is 10.5. The number of carbonyl (C=O) groups excluding carboxylic acids is 4. The average molecular weight is 447 g/mol. The predicted octanol–water partition coefficient (Wildman–Crippen LogP) is 3.03. The number of rotatable bonds is 6. The molecule has 1 aliphatic carbocycles. The fraction of sp³-hybridized carbons (Fsp3) is 0.250. The van der Waals surface area contributed by atoms with Crippen LogP contribution in [0.1, 0.15) is 34.1 Å². The van der Waals surface area contributed by atoms with Gasteiger partial charge < -0.3 is 0 Å². The van der Waals surface area contributed by atoms with Crippen molar-refractivity contribution in [3.8, 4) is 0 Å². The van der Waals surface area contributed by atoms with Crippen molar-refractivity contribution in [1.82, 2.24) is 10.0 Å². The lowest BCUT2D eigenvalue weighted by Gasteiger charge is -2.30. The number of nitrogens with zero attached hydrogens (tertiary/aromatic N) is 3. The van der Waals surface area contributed by atoms with Gasteiger partial charge in [-0.15, -0.1) is 0 Å². The van der Waals surface area contributed by atoms with Crippen molar-refractivity contribution in [1.29, 1.82) is 0 Å². The Morgan fingerprint density at radius 2 is 1.73 bits per heavy atom. The van der Waals surface area contributed by atoms with E-state index in [1.165, 1.54) is 18.2 Å². The standard InChI is InChI=1S/C24H21N3O6/c1-15-8-7-12-18-21(15)24(31)26(23(18)30)25(14-20(28)16-9-3-2-4-10-16)22(29)17-11-5-6-13-19(17)27(32)33/h2-11,13,15,18,21H,12,14H2,1H3/t15-,18+,21+/m1/s1. The van der Waals surface area contributed by atoms with Crippen molar-refractivity contribution in [2.75, 3.05) is 6.54 Å². The van der Waals surface area contributed by atoms with Crippen LogP contribution >= 0.6 is 0 Å². The number of ketones is 1. The van der Waals surface area contributed by atoms with Gasteiger partial charge in [0.2, 0.25) is 0 Å². The van der Waals surface area contributed by atoms with Crippen LogP contribution in [0.2, 0.25) is 0 Å². The zero-order valence-electron chi connectivity index (χ0n) is 17.8. The van der Waals surface area contributed by atoms with Gasteiger partial charge in [0.1, 0.15) is 12.1 Å². The Labute approximate surface area is 189 Å².